The normalized spacial score (nSPS) is 14.0. The second kappa shape index (κ2) is 7.45. The third kappa shape index (κ3) is 3.69. The van der Waals surface area contributed by atoms with E-state index in [4.69, 9.17) is 5.73 Å². The van der Waals surface area contributed by atoms with Crippen molar-refractivity contribution in [2.45, 2.75) is 51.0 Å². The van der Waals surface area contributed by atoms with E-state index in [9.17, 15) is 4.79 Å². The number of unbranched alkanes of at least 4 members (excludes halogenated alkanes) is 3. The Balaban J connectivity index is 2.28. The number of hydrogen-bond donors (Lipinski definition) is 3. The predicted molar refractivity (Wildman–Crippen MR) is 91.6 cm³/mol. The van der Waals surface area contributed by atoms with Crippen molar-refractivity contribution in [3.63, 3.8) is 0 Å². The molecule has 2 aromatic rings. The van der Waals surface area contributed by atoms with Crippen molar-refractivity contribution >= 4 is 16.8 Å². The number of fused-ring (bicyclic) bond motifs is 1. The summed E-state index contributed by atoms with van der Waals surface area (Å²) in [4.78, 5) is 15.2. The Kier molecular flexibility index (Phi) is 5.61. The zero-order chi connectivity index (χ0) is 16.0. The summed E-state index contributed by atoms with van der Waals surface area (Å²) in [5.41, 5.74) is 8.20. The molecule has 0 spiro atoms. The minimum atomic E-state index is -0.618. The van der Waals surface area contributed by atoms with E-state index < -0.39 is 5.54 Å². The van der Waals surface area contributed by atoms with Gasteiger partial charge in [-0.1, -0.05) is 50.8 Å². The van der Waals surface area contributed by atoms with Crippen molar-refractivity contribution < 1.29 is 4.79 Å². The number of rotatable bonds is 8. The molecule has 0 fully saturated rings. The number of benzene rings is 1. The van der Waals surface area contributed by atoms with Gasteiger partial charge in [0.15, 0.2) is 0 Å². The largest absolute Gasteiger partial charge is 0.361 e. The summed E-state index contributed by atoms with van der Waals surface area (Å²) in [6.07, 6.45) is 7.71. The van der Waals surface area contributed by atoms with Gasteiger partial charge in [0.05, 0.1) is 5.54 Å². The minimum Gasteiger partial charge on any atom is -0.361 e. The summed E-state index contributed by atoms with van der Waals surface area (Å²) in [6, 6.07) is 8.12. The molecule has 1 atom stereocenters. The van der Waals surface area contributed by atoms with Crippen LogP contribution in [0, 0.1) is 0 Å². The molecule has 0 saturated heterocycles. The molecular formula is C18H27N3O. The fraction of sp³-hybridized carbons (Fsp3) is 0.500. The average molecular weight is 301 g/mol. The molecule has 4 nitrogen and oxygen atoms in total. The van der Waals surface area contributed by atoms with Crippen LogP contribution in [0.5, 0.6) is 0 Å². The molecule has 2 rings (SSSR count). The predicted octanol–water partition coefficient (Wildman–Crippen LogP) is 3.43. The number of carbonyl (C=O) groups excluding carboxylic acids is 1. The van der Waals surface area contributed by atoms with Crippen LogP contribution < -0.4 is 11.1 Å². The van der Waals surface area contributed by atoms with Gasteiger partial charge in [0.1, 0.15) is 0 Å². The van der Waals surface area contributed by atoms with Gasteiger partial charge in [-0.15, -0.1) is 0 Å². The summed E-state index contributed by atoms with van der Waals surface area (Å²) >= 11 is 0. The van der Waals surface area contributed by atoms with Crippen molar-refractivity contribution in [3.05, 3.63) is 36.0 Å². The van der Waals surface area contributed by atoms with Gasteiger partial charge >= 0.3 is 0 Å². The average Bonchev–Trinajstić information content (AvgIpc) is 2.96. The SMILES string of the molecule is CCCCCCC(N)(CC(=O)NC)c1c[nH]c2ccccc12. The van der Waals surface area contributed by atoms with Gasteiger partial charge in [-0.3, -0.25) is 4.79 Å². The van der Waals surface area contributed by atoms with Gasteiger partial charge in [0, 0.05) is 30.6 Å². The second-order valence-corrected chi connectivity index (χ2v) is 6.06. The lowest BCUT2D eigenvalue weighted by molar-refractivity contribution is -0.121. The topological polar surface area (TPSA) is 70.9 Å². The van der Waals surface area contributed by atoms with Gasteiger partial charge in [-0.25, -0.2) is 0 Å². The van der Waals surface area contributed by atoms with Crippen LogP contribution in [0.15, 0.2) is 30.5 Å². The van der Waals surface area contributed by atoms with E-state index in [0.717, 1.165) is 35.7 Å². The number of nitrogens with one attached hydrogen (secondary N) is 2. The summed E-state index contributed by atoms with van der Waals surface area (Å²) in [5.74, 6) is -0.0109. The number of nitrogens with two attached hydrogens (primary N) is 1. The minimum absolute atomic E-state index is 0.0109. The van der Waals surface area contributed by atoms with Gasteiger partial charge in [-0.05, 0) is 18.1 Å². The molecule has 1 unspecified atom stereocenters. The van der Waals surface area contributed by atoms with Crippen LogP contribution >= 0.6 is 0 Å². The lowest BCUT2D eigenvalue weighted by Crippen LogP contribution is -2.41. The Morgan fingerprint density at radius 1 is 1.27 bits per heavy atom. The molecule has 22 heavy (non-hydrogen) atoms. The van der Waals surface area contributed by atoms with Crippen LogP contribution in [0.25, 0.3) is 10.9 Å². The molecule has 4 heteroatoms. The number of aromatic amines is 1. The Labute approximate surface area is 132 Å². The molecule has 1 amide bonds. The Hall–Kier alpha value is -1.81. The van der Waals surface area contributed by atoms with Crippen LogP contribution in [0.2, 0.25) is 0 Å². The molecule has 0 aliphatic rings. The first-order valence-electron chi connectivity index (χ1n) is 8.17. The highest BCUT2D eigenvalue weighted by molar-refractivity contribution is 5.85. The van der Waals surface area contributed by atoms with Crippen molar-refractivity contribution in [2.24, 2.45) is 5.73 Å². The fourth-order valence-electron chi connectivity index (χ4n) is 3.04. The van der Waals surface area contributed by atoms with Crippen molar-refractivity contribution in [1.29, 1.82) is 0 Å². The van der Waals surface area contributed by atoms with Gasteiger partial charge in [0.25, 0.3) is 0 Å². The standard InChI is InChI=1S/C18H27N3O/c1-3-4-5-8-11-18(19,12-17(22)20-2)15-13-21-16-10-7-6-9-14(15)16/h6-7,9-10,13,21H,3-5,8,11-12,19H2,1-2H3,(H,20,22). The van der Waals surface area contributed by atoms with Gasteiger partial charge in [-0.2, -0.15) is 0 Å². The number of H-pyrrole nitrogens is 1. The fourth-order valence-corrected chi connectivity index (χ4v) is 3.04. The Bertz CT molecular complexity index is 620. The zero-order valence-corrected chi connectivity index (χ0v) is 13.6. The van der Waals surface area contributed by atoms with E-state index in [1.807, 2.05) is 24.4 Å². The van der Waals surface area contributed by atoms with Crippen molar-refractivity contribution in [1.82, 2.24) is 10.3 Å². The summed E-state index contributed by atoms with van der Waals surface area (Å²) in [7, 11) is 1.66. The molecule has 1 aromatic carbocycles. The van der Waals surface area contributed by atoms with E-state index in [1.54, 1.807) is 7.05 Å². The molecule has 4 N–H and O–H groups in total. The highest BCUT2D eigenvalue weighted by atomic mass is 16.1. The highest BCUT2D eigenvalue weighted by Crippen LogP contribution is 2.33. The van der Waals surface area contributed by atoms with Crippen LogP contribution in [0.4, 0.5) is 0 Å². The third-order valence-corrected chi connectivity index (χ3v) is 4.36. The number of carbonyl (C=O) groups is 1. The molecule has 0 saturated carbocycles. The molecule has 0 aliphatic carbocycles. The molecule has 1 aromatic heterocycles. The van der Waals surface area contributed by atoms with Gasteiger partial charge in [0.2, 0.25) is 5.91 Å². The summed E-state index contributed by atoms with van der Waals surface area (Å²) in [5, 5.41) is 3.82. The van der Waals surface area contributed by atoms with Gasteiger partial charge < -0.3 is 16.0 Å². The third-order valence-electron chi connectivity index (χ3n) is 4.36. The van der Waals surface area contributed by atoms with Crippen LogP contribution in [0.3, 0.4) is 0 Å². The lowest BCUT2D eigenvalue weighted by Gasteiger charge is -2.29. The lowest BCUT2D eigenvalue weighted by atomic mass is 9.82. The molecular weight excluding hydrogens is 274 g/mol. The number of hydrogen-bond acceptors (Lipinski definition) is 2. The maximum atomic E-state index is 11.9. The van der Waals surface area contributed by atoms with Crippen LogP contribution in [-0.4, -0.2) is 17.9 Å². The van der Waals surface area contributed by atoms with E-state index >= 15 is 0 Å². The van der Waals surface area contributed by atoms with Crippen LogP contribution in [-0.2, 0) is 10.3 Å². The monoisotopic (exact) mass is 301 g/mol. The van der Waals surface area contributed by atoms with E-state index in [1.165, 1.54) is 12.8 Å². The molecule has 1 heterocycles. The van der Waals surface area contributed by atoms with Crippen molar-refractivity contribution in [2.75, 3.05) is 7.05 Å². The summed E-state index contributed by atoms with van der Waals surface area (Å²) in [6.45, 7) is 2.19. The number of para-hydroxylation sites is 1. The maximum Gasteiger partial charge on any atom is 0.221 e. The van der Waals surface area contributed by atoms with Crippen molar-refractivity contribution in [3.8, 4) is 0 Å². The first-order chi connectivity index (χ1) is 10.6. The van der Waals surface area contributed by atoms with E-state index in [-0.39, 0.29) is 5.91 Å². The first-order valence-corrected chi connectivity index (χ1v) is 8.17. The smallest absolute Gasteiger partial charge is 0.221 e. The summed E-state index contributed by atoms with van der Waals surface area (Å²) < 4.78 is 0. The maximum absolute atomic E-state index is 11.9. The Morgan fingerprint density at radius 3 is 2.77 bits per heavy atom. The molecule has 0 bridgehead atoms. The molecule has 0 radical (unpaired) electrons. The number of aromatic nitrogens is 1. The highest BCUT2D eigenvalue weighted by Gasteiger charge is 2.31. The number of amides is 1. The molecule has 0 aliphatic heterocycles. The van der Waals surface area contributed by atoms with Crippen LogP contribution in [0.1, 0.15) is 51.0 Å². The van der Waals surface area contributed by atoms with E-state index in [2.05, 4.69) is 23.3 Å². The molecule has 120 valence electrons. The zero-order valence-electron chi connectivity index (χ0n) is 13.6. The second-order valence-electron chi connectivity index (χ2n) is 6.06. The first kappa shape index (κ1) is 16.6. The quantitative estimate of drug-likeness (QED) is 0.654. The Morgan fingerprint density at radius 2 is 2.05 bits per heavy atom. The van der Waals surface area contributed by atoms with E-state index in [0.29, 0.717) is 6.42 Å².